The smallest absolute Gasteiger partial charge is 0.309 e. The van der Waals surface area contributed by atoms with E-state index in [9.17, 15) is 45.4 Å². The monoisotopic (exact) mass is 1260 g/mol. The van der Waals surface area contributed by atoms with Crippen LogP contribution in [-0.4, -0.2) is 114 Å². The van der Waals surface area contributed by atoms with Gasteiger partial charge in [0.05, 0.1) is 20.6 Å². The van der Waals surface area contributed by atoms with E-state index < -0.39 is 37.0 Å². The molecular formula is C70H82N6O10S3+2. The van der Waals surface area contributed by atoms with Crippen molar-refractivity contribution in [2.45, 2.75) is 150 Å². The first-order valence-electron chi connectivity index (χ1n) is 30.6. The number of para-hydroxylation sites is 2. The molecule has 0 saturated heterocycles. The maximum atomic E-state index is 13.8. The Hall–Kier alpha value is -7.42. The standard InChI is InChI=1S/C70H80N6O10S3/c1-68(2)54-20-13-15-22-58(54)74(8)61(68)36-26-47-19-16-18-46(25-31-51-43-48-17-12-14-21-57(48)73(51)7)67(47)87-42-39-65(78)72-50-29-27-49(28-30-50)71-64(77)37-40-75-59-34-32-52(88(81,82)83)44-55(59)69(3,4)62(75)23-10-9-11-24-63-70(5,6)56-45-53(89(84,85)86)33-35-60(56)76(63)41-38-66(79)80/h9-15,17,20-26,31-36,44-45,49-50H,16,18-19,27-30,37-43H2,1-8H3,(H3-2,71,72,77,78,79,80,81,82,83,84,85,86)/p+2. The number of carbonyl (C=O) groups is 3. The van der Waals surface area contributed by atoms with Crippen LogP contribution in [0.25, 0.3) is 0 Å². The number of rotatable bonds is 20. The molecule has 4 aliphatic heterocycles. The molecule has 468 valence electrons. The molecule has 0 unspecified atom stereocenters. The zero-order chi connectivity index (χ0) is 63.8. The SMILES string of the molecule is CN1/C(=C/C=C2\CCCC(/C=C/C3=[N+](C)c4ccccc4C3(C)C)=C2SCCC(=O)NC2CCC(NC(=O)CCN3\C(=C/C=C/C=C/C4=[N+](CCC(=O)O)c5ccc(S(=O)(=O)O)cc5C4(C)C)C(C)(C)c4cc(S(=O)(=O)O)ccc43)CC2)Cc2ccccc21. The first-order chi connectivity index (χ1) is 42.1. The summed E-state index contributed by atoms with van der Waals surface area (Å²) in [4.78, 5) is 44.3. The Morgan fingerprint density at radius 3 is 1.98 bits per heavy atom. The number of benzene rings is 4. The number of nitrogens with one attached hydrogen (secondary N) is 2. The van der Waals surface area contributed by atoms with Gasteiger partial charge in [0.25, 0.3) is 20.2 Å². The Kier molecular flexibility index (Phi) is 18.7. The number of fused-ring (bicyclic) bond motifs is 4. The molecule has 1 fully saturated rings. The van der Waals surface area contributed by atoms with Crippen LogP contribution in [0.15, 0.2) is 177 Å². The van der Waals surface area contributed by atoms with E-state index in [1.807, 2.05) is 55.4 Å². The number of hydrogen-bond donors (Lipinski definition) is 5. The van der Waals surface area contributed by atoms with Crippen LogP contribution in [0.2, 0.25) is 0 Å². The maximum absolute atomic E-state index is 13.8. The summed E-state index contributed by atoms with van der Waals surface area (Å²) < 4.78 is 72.9. The highest BCUT2D eigenvalue weighted by atomic mass is 32.2. The molecule has 4 aromatic rings. The van der Waals surface area contributed by atoms with Crippen molar-refractivity contribution >= 4 is 84.0 Å². The van der Waals surface area contributed by atoms with Crippen LogP contribution in [0.4, 0.5) is 22.7 Å². The van der Waals surface area contributed by atoms with Crippen molar-refractivity contribution in [2.75, 3.05) is 42.7 Å². The fourth-order valence-corrected chi connectivity index (χ4v) is 16.0. The third kappa shape index (κ3) is 13.7. The summed E-state index contributed by atoms with van der Waals surface area (Å²) >= 11 is 1.78. The van der Waals surface area contributed by atoms with Crippen LogP contribution in [0.5, 0.6) is 0 Å². The molecule has 0 aromatic heterocycles. The van der Waals surface area contributed by atoms with E-state index in [1.54, 1.807) is 36.0 Å². The van der Waals surface area contributed by atoms with Crippen molar-refractivity contribution in [3.8, 4) is 0 Å². The second-order valence-electron chi connectivity index (χ2n) is 25.6. The highest BCUT2D eigenvalue weighted by molar-refractivity contribution is 8.03. The van der Waals surface area contributed by atoms with Gasteiger partial charge in [-0.05, 0) is 143 Å². The number of nitrogens with zero attached hydrogens (tertiary/aromatic N) is 4. The zero-order valence-electron chi connectivity index (χ0n) is 52.0. The minimum absolute atomic E-state index is 0.00116. The van der Waals surface area contributed by atoms with Gasteiger partial charge in [-0.1, -0.05) is 80.6 Å². The van der Waals surface area contributed by atoms with E-state index >= 15 is 0 Å². The Bertz CT molecular complexity index is 4060. The van der Waals surface area contributed by atoms with Crippen LogP contribution in [0.3, 0.4) is 0 Å². The molecule has 0 spiro atoms. The van der Waals surface area contributed by atoms with Crippen LogP contribution in [0.1, 0.15) is 128 Å². The minimum Gasteiger partial charge on any atom is -0.481 e. The van der Waals surface area contributed by atoms with Gasteiger partial charge in [0.2, 0.25) is 23.2 Å². The number of hydrogen-bond acceptors (Lipinski definition) is 10. The normalized spacial score (nSPS) is 21.7. The summed E-state index contributed by atoms with van der Waals surface area (Å²) in [6, 6.07) is 25.9. The average molecular weight is 1260 g/mol. The molecule has 16 nitrogen and oxygen atoms in total. The maximum Gasteiger partial charge on any atom is 0.309 e. The number of likely N-dealkylation sites (N-methyl/N-ethyl adjacent to an activating group) is 1. The number of carbonyl (C=O) groups excluding carboxylic acids is 2. The van der Waals surface area contributed by atoms with Gasteiger partial charge >= 0.3 is 5.97 Å². The minimum atomic E-state index is -4.53. The van der Waals surface area contributed by atoms with Crippen molar-refractivity contribution in [3.05, 3.63) is 189 Å². The Morgan fingerprint density at radius 1 is 0.663 bits per heavy atom. The lowest BCUT2D eigenvalue weighted by Crippen LogP contribution is -2.44. The van der Waals surface area contributed by atoms with Gasteiger partial charge in [-0.3, -0.25) is 23.5 Å². The fraction of sp³-hybridized carbons (Fsp3) is 0.386. The molecule has 1 saturated carbocycles. The van der Waals surface area contributed by atoms with Gasteiger partial charge in [0, 0.05) is 119 Å². The quantitative estimate of drug-likeness (QED) is 0.0317. The highest BCUT2D eigenvalue weighted by Crippen LogP contribution is 2.49. The van der Waals surface area contributed by atoms with Crippen LogP contribution < -0.4 is 20.4 Å². The van der Waals surface area contributed by atoms with Crippen molar-refractivity contribution in [2.24, 2.45) is 0 Å². The summed E-state index contributed by atoms with van der Waals surface area (Å²) in [5.74, 6) is -0.478. The van der Waals surface area contributed by atoms with Crippen LogP contribution in [0, 0.1) is 0 Å². The van der Waals surface area contributed by atoms with E-state index in [2.05, 4.69) is 121 Å². The van der Waals surface area contributed by atoms with Gasteiger partial charge < -0.3 is 25.5 Å². The second-order valence-corrected chi connectivity index (χ2v) is 29.5. The number of amides is 2. The molecule has 89 heavy (non-hydrogen) atoms. The van der Waals surface area contributed by atoms with Gasteiger partial charge in [0.15, 0.2) is 18.0 Å². The topological polar surface area (TPSA) is 217 Å². The van der Waals surface area contributed by atoms with Crippen LogP contribution >= 0.6 is 11.8 Å². The van der Waals surface area contributed by atoms with E-state index in [0.29, 0.717) is 53.2 Å². The third-order valence-corrected chi connectivity index (χ3v) is 21.6. The molecule has 10 rings (SSSR count). The molecule has 0 radical (unpaired) electrons. The first kappa shape index (κ1) is 64.6. The number of carboxylic acids is 1. The van der Waals surface area contributed by atoms with E-state index in [1.165, 1.54) is 74.2 Å². The second kappa shape index (κ2) is 25.8. The highest BCUT2D eigenvalue weighted by Gasteiger charge is 2.46. The van der Waals surface area contributed by atoms with Gasteiger partial charge in [-0.15, -0.1) is 11.8 Å². The molecule has 0 atom stereocenters. The Labute approximate surface area is 528 Å². The predicted octanol–water partition coefficient (Wildman–Crippen LogP) is 12.1. The Morgan fingerprint density at radius 2 is 1.30 bits per heavy atom. The van der Waals surface area contributed by atoms with Gasteiger partial charge in [-0.2, -0.15) is 26.0 Å². The summed E-state index contributed by atoms with van der Waals surface area (Å²) in [7, 11) is -4.74. The third-order valence-electron chi connectivity index (χ3n) is 18.7. The molecule has 2 amide bonds. The van der Waals surface area contributed by atoms with Gasteiger partial charge in [0.1, 0.15) is 13.5 Å². The van der Waals surface area contributed by atoms with E-state index in [4.69, 9.17) is 0 Å². The fourth-order valence-electron chi connectivity index (χ4n) is 13.8. The van der Waals surface area contributed by atoms with Crippen molar-refractivity contribution in [3.63, 3.8) is 0 Å². The lowest BCUT2D eigenvalue weighted by atomic mass is 9.81. The summed E-state index contributed by atoms with van der Waals surface area (Å²) in [5, 5.41) is 16.1. The number of allylic oxidation sites excluding steroid dienone is 13. The summed E-state index contributed by atoms with van der Waals surface area (Å²) in [6.07, 6.45) is 25.4. The Balaban J connectivity index is 0.770. The van der Waals surface area contributed by atoms with E-state index in [0.717, 1.165) is 44.2 Å². The molecule has 2 aliphatic carbocycles. The molecular weight excluding hydrogens is 1180 g/mol. The summed E-state index contributed by atoms with van der Waals surface area (Å²) in [6.45, 7) is 12.6. The molecule has 4 aromatic carbocycles. The largest absolute Gasteiger partial charge is 0.481 e. The van der Waals surface area contributed by atoms with Gasteiger partial charge in [-0.25, -0.2) is 0 Å². The summed E-state index contributed by atoms with van der Waals surface area (Å²) in [5.41, 5.74) is 12.6. The molecule has 4 heterocycles. The average Bonchev–Trinajstić information content (AvgIpc) is 1.67. The van der Waals surface area contributed by atoms with E-state index in [-0.39, 0.29) is 65.0 Å². The molecule has 5 N–H and O–H groups in total. The number of aliphatic carboxylic acids is 1. The van der Waals surface area contributed by atoms with Crippen molar-refractivity contribution in [1.82, 2.24) is 10.6 Å². The number of carboxylic acid groups (broad SMARTS) is 1. The molecule has 6 aliphatic rings. The first-order valence-corrected chi connectivity index (χ1v) is 34.5. The lowest BCUT2D eigenvalue weighted by molar-refractivity contribution is -0.436. The number of thioether (sulfide) groups is 1. The lowest BCUT2D eigenvalue weighted by Gasteiger charge is -2.30. The van der Waals surface area contributed by atoms with Crippen molar-refractivity contribution in [1.29, 1.82) is 0 Å². The predicted molar refractivity (Wildman–Crippen MR) is 353 cm³/mol. The number of anilines is 2. The molecule has 0 bridgehead atoms. The van der Waals surface area contributed by atoms with Crippen molar-refractivity contribution < 1.29 is 54.6 Å². The van der Waals surface area contributed by atoms with Crippen LogP contribution in [-0.2, 0) is 57.3 Å². The molecule has 19 heteroatoms. The zero-order valence-corrected chi connectivity index (χ0v) is 54.5.